The van der Waals surface area contributed by atoms with Crippen LogP contribution >= 0.6 is 0 Å². The zero-order valence-corrected chi connectivity index (χ0v) is 10.9. The fourth-order valence-electron chi connectivity index (χ4n) is 2.65. The summed E-state index contributed by atoms with van der Waals surface area (Å²) in [6.07, 6.45) is 3.00. The maximum Gasteiger partial charge on any atom is 0.131 e. The van der Waals surface area contributed by atoms with Gasteiger partial charge in [-0.05, 0) is 37.4 Å². The normalized spacial score (nSPS) is 20.2. The Morgan fingerprint density at radius 1 is 1.33 bits per heavy atom. The first-order valence-corrected chi connectivity index (χ1v) is 6.61. The number of ketones is 1. The number of aliphatic hydroxyl groups is 1. The van der Waals surface area contributed by atoms with E-state index >= 15 is 0 Å². The number of benzene rings is 1. The van der Waals surface area contributed by atoms with Crippen LogP contribution in [0.3, 0.4) is 0 Å². The summed E-state index contributed by atoms with van der Waals surface area (Å²) in [6, 6.07) is 8.47. The Morgan fingerprint density at radius 2 is 2.00 bits per heavy atom. The maximum atomic E-state index is 11.2. The van der Waals surface area contributed by atoms with E-state index < -0.39 is 0 Å². The summed E-state index contributed by atoms with van der Waals surface area (Å²) < 4.78 is 0. The fraction of sp³-hybridized carbons (Fsp3) is 0.533. The third-order valence-electron chi connectivity index (χ3n) is 3.61. The fourth-order valence-corrected chi connectivity index (χ4v) is 2.65. The van der Waals surface area contributed by atoms with Gasteiger partial charge in [-0.1, -0.05) is 24.3 Å². The van der Waals surface area contributed by atoms with E-state index in [-0.39, 0.29) is 12.4 Å². The van der Waals surface area contributed by atoms with Crippen LogP contribution in [0.5, 0.6) is 0 Å². The Bertz CT molecular complexity index is 399. The molecule has 1 aliphatic heterocycles. The summed E-state index contributed by atoms with van der Waals surface area (Å²) >= 11 is 0. The monoisotopic (exact) mass is 247 g/mol. The number of aliphatic hydroxyl groups excluding tert-OH is 1. The number of rotatable bonds is 5. The lowest BCUT2D eigenvalue weighted by Crippen LogP contribution is -2.30. The van der Waals surface area contributed by atoms with Crippen LogP contribution in [-0.4, -0.2) is 28.4 Å². The van der Waals surface area contributed by atoms with Crippen LogP contribution in [0.25, 0.3) is 0 Å². The molecule has 1 N–H and O–H groups in total. The van der Waals surface area contributed by atoms with Crippen LogP contribution < -0.4 is 0 Å². The van der Waals surface area contributed by atoms with Crippen molar-refractivity contribution in [3.8, 4) is 0 Å². The average molecular weight is 247 g/mol. The number of carbonyl (C=O) groups excluding carboxylic acids is 1. The minimum Gasteiger partial charge on any atom is -0.392 e. The van der Waals surface area contributed by atoms with Crippen LogP contribution in [0.4, 0.5) is 0 Å². The average Bonchev–Trinajstić information content (AvgIpc) is 2.77. The summed E-state index contributed by atoms with van der Waals surface area (Å²) in [4.78, 5) is 13.6. The summed E-state index contributed by atoms with van der Waals surface area (Å²) in [6.45, 7) is 3.76. The Kier molecular flexibility index (Phi) is 4.50. The molecule has 3 nitrogen and oxygen atoms in total. The lowest BCUT2D eigenvalue weighted by Gasteiger charge is -2.23. The Balaban J connectivity index is 1.96. The second-order valence-corrected chi connectivity index (χ2v) is 5.15. The molecule has 98 valence electrons. The molecule has 0 aromatic heterocycles. The van der Waals surface area contributed by atoms with Gasteiger partial charge in [0.25, 0.3) is 0 Å². The maximum absolute atomic E-state index is 11.2. The van der Waals surface area contributed by atoms with Crippen molar-refractivity contribution in [1.82, 2.24) is 4.90 Å². The lowest BCUT2D eigenvalue weighted by atomic mass is 10.1. The van der Waals surface area contributed by atoms with Gasteiger partial charge in [0.2, 0.25) is 0 Å². The van der Waals surface area contributed by atoms with Gasteiger partial charge in [0, 0.05) is 19.0 Å². The van der Waals surface area contributed by atoms with Crippen molar-refractivity contribution >= 4 is 5.78 Å². The summed E-state index contributed by atoms with van der Waals surface area (Å²) in [5.41, 5.74) is 2.20. The van der Waals surface area contributed by atoms with Crippen LogP contribution in [-0.2, 0) is 17.9 Å². The first kappa shape index (κ1) is 13.2. The van der Waals surface area contributed by atoms with Gasteiger partial charge in [-0.2, -0.15) is 0 Å². The molecule has 1 fully saturated rings. The molecular weight excluding hydrogens is 226 g/mol. The van der Waals surface area contributed by atoms with E-state index in [9.17, 15) is 4.79 Å². The van der Waals surface area contributed by atoms with Crippen molar-refractivity contribution in [2.75, 3.05) is 6.54 Å². The molecule has 1 saturated heterocycles. The van der Waals surface area contributed by atoms with E-state index in [1.165, 1.54) is 12.0 Å². The van der Waals surface area contributed by atoms with Gasteiger partial charge in [0.15, 0.2) is 0 Å². The largest absolute Gasteiger partial charge is 0.392 e. The van der Waals surface area contributed by atoms with Gasteiger partial charge in [0.05, 0.1) is 6.61 Å². The SMILES string of the molecule is CC(=O)CC1CCCN1Cc1ccc(CO)cc1. The van der Waals surface area contributed by atoms with Gasteiger partial charge in [-0.15, -0.1) is 0 Å². The second-order valence-electron chi connectivity index (χ2n) is 5.15. The number of hydrogen-bond acceptors (Lipinski definition) is 3. The zero-order chi connectivity index (χ0) is 13.0. The molecule has 0 radical (unpaired) electrons. The third-order valence-corrected chi connectivity index (χ3v) is 3.61. The molecule has 1 aromatic carbocycles. The number of Topliss-reactive ketones (excluding diaryl/α,β-unsaturated/α-hetero) is 1. The smallest absolute Gasteiger partial charge is 0.131 e. The first-order chi connectivity index (χ1) is 8.69. The van der Waals surface area contributed by atoms with Gasteiger partial charge in [-0.3, -0.25) is 9.69 Å². The van der Waals surface area contributed by atoms with E-state index in [1.807, 2.05) is 12.1 Å². The molecular formula is C15H21NO2. The van der Waals surface area contributed by atoms with Crippen LogP contribution in [0, 0.1) is 0 Å². The summed E-state index contributed by atoms with van der Waals surface area (Å²) in [5, 5.41) is 9.01. The van der Waals surface area contributed by atoms with Crippen LogP contribution in [0.15, 0.2) is 24.3 Å². The van der Waals surface area contributed by atoms with Gasteiger partial charge in [0.1, 0.15) is 5.78 Å². The molecule has 18 heavy (non-hydrogen) atoms. The molecule has 1 atom stereocenters. The highest BCUT2D eigenvalue weighted by atomic mass is 16.3. The Labute approximate surface area is 108 Å². The summed E-state index contributed by atoms with van der Waals surface area (Å²) in [7, 11) is 0. The Hall–Kier alpha value is -1.19. The van der Waals surface area contributed by atoms with E-state index in [4.69, 9.17) is 5.11 Å². The standard InChI is InChI=1S/C15H21NO2/c1-12(18)9-15-3-2-8-16(15)10-13-4-6-14(11-17)7-5-13/h4-7,15,17H,2-3,8-11H2,1H3. The molecule has 0 aliphatic carbocycles. The van der Waals surface area contributed by atoms with E-state index in [2.05, 4.69) is 17.0 Å². The van der Waals surface area contributed by atoms with Gasteiger partial charge < -0.3 is 5.11 Å². The molecule has 1 unspecified atom stereocenters. The molecule has 1 aromatic rings. The highest BCUT2D eigenvalue weighted by molar-refractivity contribution is 5.76. The number of likely N-dealkylation sites (tertiary alicyclic amines) is 1. The zero-order valence-electron chi connectivity index (χ0n) is 10.9. The second kappa shape index (κ2) is 6.12. The molecule has 1 aliphatic rings. The van der Waals surface area contributed by atoms with Crippen molar-refractivity contribution in [2.24, 2.45) is 0 Å². The molecule has 3 heteroatoms. The lowest BCUT2D eigenvalue weighted by molar-refractivity contribution is -0.118. The van der Waals surface area contributed by atoms with Crippen molar-refractivity contribution in [3.63, 3.8) is 0 Å². The molecule has 1 heterocycles. The number of nitrogens with zero attached hydrogens (tertiary/aromatic N) is 1. The first-order valence-electron chi connectivity index (χ1n) is 6.61. The van der Waals surface area contributed by atoms with Crippen molar-refractivity contribution in [1.29, 1.82) is 0 Å². The third kappa shape index (κ3) is 3.40. The molecule has 0 saturated carbocycles. The van der Waals surface area contributed by atoms with Crippen molar-refractivity contribution < 1.29 is 9.90 Å². The minimum atomic E-state index is 0.0942. The van der Waals surface area contributed by atoms with Crippen LogP contribution in [0.2, 0.25) is 0 Å². The van der Waals surface area contributed by atoms with Gasteiger partial charge in [-0.25, -0.2) is 0 Å². The summed E-state index contributed by atoms with van der Waals surface area (Å²) in [5.74, 6) is 0.280. The van der Waals surface area contributed by atoms with Crippen LogP contribution in [0.1, 0.15) is 37.3 Å². The molecule has 0 spiro atoms. The molecule has 0 bridgehead atoms. The van der Waals surface area contributed by atoms with E-state index in [0.29, 0.717) is 12.5 Å². The topological polar surface area (TPSA) is 40.5 Å². The predicted molar refractivity (Wildman–Crippen MR) is 71.1 cm³/mol. The van der Waals surface area contributed by atoms with E-state index in [0.717, 1.165) is 25.1 Å². The van der Waals surface area contributed by atoms with Crippen molar-refractivity contribution in [3.05, 3.63) is 35.4 Å². The number of hydrogen-bond donors (Lipinski definition) is 1. The van der Waals surface area contributed by atoms with E-state index in [1.54, 1.807) is 6.92 Å². The minimum absolute atomic E-state index is 0.0942. The molecule has 0 amide bonds. The quantitative estimate of drug-likeness (QED) is 0.866. The Morgan fingerprint density at radius 3 is 2.61 bits per heavy atom. The highest BCUT2D eigenvalue weighted by Gasteiger charge is 2.25. The predicted octanol–water partition coefficient (Wildman–Crippen LogP) is 2.12. The highest BCUT2D eigenvalue weighted by Crippen LogP contribution is 2.22. The molecule has 2 rings (SSSR count). The number of carbonyl (C=O) groups is 1. The van der Waals surface area contributed by atoms with Crippen molar-refractivity contribution in [2.45, 2.75) is 45.4 Å². The van der Waals surface area contributed by atoms with Gasteiger partial charge >= 0.3 is 0 Å².